The van der Waals surface area contributed by atoms with Crippen LogP contribution < -0.4 is 0 Å². The van der Waals surface area contributed by atoms with Crippen molar-refractivity contribution in [1.82, 2.24) is 34.4 Å². The van der Waals surface area contributed by atoms with Crippen LogP contribution in [-0.4, -0.2) is 53.4 Å². The summed E-state index contributed by atoms with van der Waals surface area (Å²) in [5, 5.41) is 12.7. The molecule has 9 nitrogen and oxygen atoms in total. The van der Waals surface area contributed by atoms with E-state index >= 15 is 0 Å². The minimum absolute atomic E-state index is 0.0523. The van der Waals surface area contributed by atoms with Crippen molar-refractivity contribution >= 4 is 5.91 Å². The molecule has 0 N–H and O–H groups in total. The van der Waals surface area contributed by atoms with Crippen LogP contribution in [-0.2, 0) is 13.1 Å². The van der Waals surface area contributed by atoms with Crippen LogP contribution in [0.15, 0.2) is 35.5 Å². The molecule has 3 aromatic heterocycles. The van der Waals surface area contributed by atoms with Crippen molar-refractivity contribution in [2.45, 2.75) is 52.1 Å². The van der Waals surface area contributed by atoms with Crippen molar-refractivity contribution in [2.24, 2.45) is 11.3 Å². The summed E-state index contributed by atoms with van der Waals surface area (Å²) in [5.74, 6) is 2.77. The van der Waals surface area contributed by atoms with Gasteiger partial charge in [-0.05, 0) is 36.3 Å². The van der Waals surface area contributed by atoms with E-state index in [-0.39, 0.29) is 17.2 Å². The zero-order chi connectivity index (χ0) is 20.7. The van der Waals surface area contributed by atoms with Crippen molar-refractivity contribution in [1.29, 1.82) is 0 Å². The summed E-state index contributed by atoms with van der Waals surface area (Å²) in [6.45, 7) is 7.16. The molecular formula is C21H27N7O2. The molecule has 5 rings (SSSR count). The van der Waals surface area contributed by atoms with E-state index in [9.17, 15) is 4.79 Å². The minimum Gasteiger partial charge on any atom is -0.454 e. The third-order valence-corrected chi connectivity index (χ3v) is 6.46. The highest BCUT2D eigenvalue weighted by Gasteiger charge is 2.54. The first-order valence-electron chi connectivity index (χ1n) is 10.6. The molecule has 0 bridgehead atoms. The van der Waals surface area contributed by atoms with Crippen molar-refractivity contribution in [2.75, 3.05) is 13.1 Å². The molecule has 1 unspecified atom stereocenters. The number of amides is 1. The predicted octanol–water partition coefficient (Wildman–Crippen LogP) is 2.58. The molecule has 3 aromatic rings. The van der Waals surface area contributed by atoms with Gasteiger partial charge in [0.1, 0.15) is 37.1 Å². The second kappa shape index (κ2) is 7.37. The third-order valence-electron chi connectivity index (χ3n) is 6.46. The van der Waals surface area contributed by atoms with Gasteiger partial charge in [-0.1, -0.05) is 20.3 Å². The first kappa shape index (κ1) is 19.0. The van der Waals surface area contributed by atoms with Crippen LogP contribution in [0.2, 0.25) is 0 Å². The van der Waals surface area contributed by atoms with Gasteiger partial charge >= 0.3 is 0 Å². The molecule has 2 aliphatic rings. The fourth-order valence-corrected chi connectivity index (χ4v) is 4.89. The first-order chi connectivity index (χ1) is 14.5. The average Bonchev–Trinajstić information content (AvgIpc) is 3.46. The highest BCUT2D eigenvalue weighted by atomic mass is 16.4. The summed E-state index contributed by atoms with van der Waals surface area (Å²) in [6, 6.07) is 3.59. The van der Waals surface area contributed by atoms with Crippen LogP contribution in [0.3, 0.4) is 0 Å². The number of rotatable bonds is 6. The molecule has 0 aromatic carbocycles. The number of nitrogens with zero attached hydrogens (tertiary/aromatic N) is 7. The van der Waals surface area contributed by atoms with E-state index in [0.29, 0.717) is 30.5 Å². The summed E-state index contributed by atoms with van der Waals surface area (Å²) in [4.78, 5) is 19.1. The van der Waals surface area contributed by atoms with E-state index in [1.807, 2.05) is 17.3 Å². The van der Waals surface area contributed by atoms with E-state index in [0.717, 1.165) is 31.8 Å². The Bertz CT molecular complexity index is 1020. The van der Waals surface area contributed by atoms with E-state index < -0.39 is 0 Å². The number of hydrogen-bond acceptors (Lipinski definition) is 6. The maximum Gasteiger partial charge on any atom is 0.289 e. The monoisotopic (exact) mass is 409 g/mol. The maximum atomic E-state index is 13.2. The SMILES string of the molecule is CC(C)Cn1cnnc1C1CN(C(=O)c2ccc(Cn3cncn3)o2)CC12CCC2. The number of carbonyl (C=O) groups excluding carboxylic acids is 1. The topological polar surface area (TPSA) is 94.9 Å². The van der Waals surface area contributed by atoms with Gasteiger partial charge in [0.2, 0.25) is 0 Å². The molecule has 1 aliphatic heterocycles. The molecule has 1 saturated heterocycles. The Balaban J connectivity index is 1.35. The van der Waals surface area contributed by atoms with Gasteiger partial charge in [-0.2, -0.15) is 5.10 Å². The molecule has 2 fully saturated rings. The molecule has 1 spiro atoms. The summed E-state index contributed by atoms with van der Waals surface area (Å²) in [5.41, 5.74) is 0.119. The van der Waals surface area contributed by atoms with Crippen LogP contribution in [0.4, 0.5) is 0 Å². The van der Waals surface area contributed by atoms with Gasteiger partial charge in [0.15, 0.2) is 5.76 Å². The quantitative estimate of drug-likeness (QED) is 0.621. The molecule has 9 heteroatoms. The minimum atomic E-state index is -0.0523. The molecule has 4 heterocycles. The standard InChI is InChI=1S/C21H27N7O2/c1-15(2)8-27-14-23-25-19(27)17-10-26(11-21(17)6-3-7-21)20(29)18-5-4-16(30-18)9-28-13-22-12-24-28/h4-5,12-15,17H,3,6-11H2,1-2H3. The Morgan fingerprint density at radius 1 is 1.30 bits per heavy atom. The third kappa shape index (κ3) is 3.32. The molecule has 1 atom stereocenters. The van der Waals surface area contributed by atoms with Crippen LogP contribution in [0.1, 0.15) is 61.2 Å². The lowest BCUT2D eigenvalue weighted by Gasteiger charge is -2.42. The Morgan fingerprint density at radius 2 is 2.17 bits per heavy atom. The second-order valence-electron chi connectivity index (χ2n) is 9.05. The number of hydrogen-bond donors (Lipinski definition) is 0. The van der Waals surface area contributed by atoms with E-state index in [1.54, 1.807) is 17.1 Å². The van der Waals surface area contributed by atoms with Gasteiger partial charge in [-0.15, -0.1) is 10.2 Å². The maximum absolute atomic E-state index is 13.2. The molecule has 1 aliphatic carbocycles. The number of aromatic nitrogens is 6. The Morgan fingerprint density at radius 3 is 2.87 bits per heavy atom. The number of carbonyl (C=O) groups is 1. The normalized spacial score (nSPS) is 20.2. The lowest BCUT2D eigenvalue weighted by atomic mass is 9.62. The Hall–Kier alpha value is -2.97. The van der Waals surface area contributed by atoms with Gasteiger partial charge in [0.05, 0.1) is 0 Å². The zero-order valence-electron chi connectivity index (χ0n) is 17.4. The summed E-state index contributed by atoms with van der Waals surface area (Å²) in [7, 11) is 0. The van der Waals surface area contributed by atoms with Crippen molar-refractivity contribution in [3.8, 4) is 0 Å². The van der Waals surface area contributed by atoms with Crippen LogP contribution in [0.25, 0.3) is 0 Å². The van der Waals surface area contributed by atoms with Gasteiger partial charge in [0.25, 0.3) is 5.91 Å². The summed E-state index contributed by atoms with van der Waals surface area (Å²) < 4.78 is 9.68. The van der Waals surface area contributed by atoms with Gasteiger partial charge < -0.3 is 13.9 Å². The van der Waals surface area contributed by atoms with E-state index in [2.05, 4.69) is 38.7 Å². The number of likely N-dealkylation sites (tertiary alicyclic amines) is 1. The van der Waals surface area contributed by atoms with Crippen molar-refractivity contribution in [3.63, 3.8) is 0 Å². The molecule has 0 radical (unpaired) electrons. The van der Waals surface area contributed by atoms with Crippen LogP contribution in [0.5, 0.6) is 0 Å². The number of furan rings is 1. The van der Waals surface area contributed by atoms with E-state index in [4.69, 9.17) is 4.42 Å². The van der Waals surface area contributed by atoms with Gasteiger partial charge in [-0.25, -0.2) is 9.67 Å². The average molecular weight is 409 g/mol. The smallest absolute Gasteiger partial charge is 0.289 e. The largest absolute Gasteiger partial charge is 0.454 e. The second-order valence-corrected chi connectivity index (χ2v) is 9.05. The van der Waals surface area contributed by atoms with Crippen LogP contribution >= 0.6 is 0 Å². The highest BCUT2D eigenvalue weighted by Crippen LogP contribution is 2.55. The summed E-state index contributed by atoms with van der Waals surface area (Å²) >= 11 is 0. The molecule has 1 amide bonds. The molecule has 1 saturated carbocycles. The lowest BCUT2D eigenvalue weighted by molar-refractivity contribution is 0.0692. The van der Waals surface area contributed by atoms with Gasteiger partial charge in [0, 0.05) is 25.6 Å². The zero-order valence-corrected chi connectivity index (χ0v) is 17.4. The summed E-state index contributed by atoms with van der Waals surface area (Å²) in [6.07, 6.45) is 8.41. The molecule has 158 valence electrons. The van der Waals surface area contributed by atoms with Crippen LogP contribution in [0, 0.1) is 11.3 Å². The predicted molar refractivity (Wildman–Crippen MR) is 108 cm³/mol. The Kier molecular flexibility index (Phi) is 4.67. The molecule has 30 heavy (non-hydrogen) atoms. The lowest BCUT2D eigenvalue weighted by Crippen LogP contribution is -2.38. The fourth-order valence-electron chi connectivity index (χ4n) is 4.89. The van der Waals surface area contributed by atoms with Crippen molar-refractivity contribution < 1.29 is 9.21 Å². The highest BCUT2D eigenvalue weighted by molar-refractivity contribution is 5.92. The van der Waals surface area contributed by atoms with E-state index in [1.165, 1.54) is 12.7 Å². The first-order valence-corrected chi connectivity index (χ1v) is 10.6. The Labute approximate surface area is 175 Å². The molecular weight excluding hydrogens is 382 g/mol. The van der Waals surface area contributed by atoms with Crippen molar-refractivity contribution in [3.05, 3.63) is 48.5 Å². The fraction of sp³-hybridized carbons (Fsp3) is 0.571. The van der Waals surface area contributed by atoms with Gasteiger partial charge in [-0.3, -0.25) is 4.79 Å².